The molecular formula is C58H52N3OPt-. The first-order valence-electron chi connectivity index (χ1n) is 21.7. The van der Waals surface area contributed by atoms with Crippen LogP contribution in [0.25, 0.3) is 44.8 Å². The molecule has 6 aromatic carbocycles. The van der Waals surface area contributed by atoms with Crippen molar-refractivity contribution in [2.45, 2.75) is 78.6 Å². The van der Waals surface area contributed by atoms with E-state index in [1.165, 1.54) is 55.6 Å². The summed E-state index contributed by atoms with van der Waals surface area (Å²) in [7, 11) is 0. The zero-order valence-electron chi connectivity index (χ0n) is 37.5. The maximum absolute atomic E-state index is 12.0. The number of hydrogen-bond acceptors (Lipinski definition) is 4. The molecule has 0 saturated heterocycles. The molecule has 2 aliphatic carbocycles. The number of para-hydroxylation sites is 1. The summed E-state index contributed by atoms with van der Waals surface area (Å²) in [6.07, 6.45) is 1.90. The number of aromatic nitrogens is 2. The molecule has 0 bridgehead atoms. The Hall–Kier alpha value is -6.09. The van der Waals surface area contributed by atoms with Crippen molar-refractivity contribution in [3.05, 3.63) is 202 Å². The molecule has 2 aromatic heterocycles. The number of pyridine rings is 2. The summed E-state index contributed by atoms with van der Waals surface area (Å²) in [5.41, 5.74) is 20.0. The summed E-state index contributed by atoms with van der Waals surface area (Å²) in [6.45, 7) is 20.2. The molecule has 2 aliphatic rings. The number of phenols is 1. The number of anilines is 3. The predicted molar refractivity (Wildman–Crippen MR) is 256 cm³/mol. The Morgan fingerprint density at radius 1 is 0.587 bits per heavy atom. The van der Waals surface area contributed by atoms with Crippen molar-refractivity contribution in [2.24, 2.45) is 0 Å². The number of rotatable bonds is 5. The molecule has 316 valence electrons. The molecule has 5 heteroatoms. The zero-order valence-corrected chi connectivity index (χ0v) is 39.7. The van der Waals surface area contributed by atoms with Gasteiger partial charge < -0.3 is 15.0 Å². The van der Waals surface area contributed by atoms with Gasteiger partial charge in [0.05, 0.1) is 11.1 Å². The third kappa shape index (κ3) is 6.77. The van der Waals surface area contributed by atoms with E-state index in [1.807, 2.05) is 18.3 Å². The second-order valence-electron chi connectivity index (χ2n) is 19.4. The molecular weight excluding hydrogens is 950 g/mol. The van der Waals surface area contributed by atoms with Crippen molar-refractivity contribution >= 4 is 17.2 Å². The van der Waals surface area contributed by atoms with Crippen molar-refractivity contribution in [1.29, 1.82) is 0 Å². The van der Waals surface area contributed by atoms with Crippen LogP contribution < -0.4 is 4.90 Å². The number of hydrogen-bond donors (Lipinski definition) is 1. The van der Waals surface area contributed by atoms with Crippen LogP contribution in [0.5, 0.6) is 5.75 Å². The molecule has 0 saturated carbocycles. The molecule has 63 heavy (non-hydrogen) atoms. The predicted octanol–water partition coefficient (Wildman–Crippen LogP) is 14.6. The van der Waals surface area contributed by atoms with Gasteiger partial charge in [0.15, 0.2) is 0 Å². The quantitative estimate of drug-likeness (QED) is 0.175. The SMILES string of the molecule is Cc1cc(C)c(-c2ccnc(-c3[c-]c(N(c4ccccc4)c4ccc5c(n4)-c4c(O)cccc4C54c5cc(C(C)(C)C)ccc5-c5ccc(C(C)(C)C)cc54)ccc3)c2)c(C)c1.[Pt]. The zero-order chi connectivity index (χ0) is 43.3. The van der Waals surface area contributed by atoms with Gasteiger partial charge in [-0.15, -0.1) is 29.8 Å². The number of aryl methyl sites for hydroxylation is 3. The van der Waals surface area contributed by atoms with Gasteiger partial charge in [-0.2, -0.15) is 0 Å². The van der Waals surface area contributed by atoms with Gasteiger partial charge in [0.1, 0.15) is 11.6 Å². The van der Waals surface area contributed by atoms with E-state index in [2.05, 4.69) is 195 Å². The number of benzene rings is 6. The van der Waals surface area contributed by atoms with E-state index in [-0.39, 0.29) is 37.6 Å². The van der Waals surface area contributed by atoms with Crippen LogP contribution in [-0.2, 0) is 37.3 Å². The number of aromatic hydroxyl groups is 1. The summed E-state index contributed by atoms with van der Waals surface area (Å²) in [5.74, 6) is 0.955. The first kappa shape index (κ1) is 42.2. The van der Waals surface area contributed by atoms with Gasteiger partial charge in [-0.3, -0.25) is 0 Å². The number of fused-ring (bicyclic) bond motifs is 10. The first-order chi connectivity index (χ1) is 29.6. The maximum atomic E-state index is 12.0. The van der Waals surface area contributed by atoms with E-state index in [0.29, 0.717) is 0 Å². The van der Waals surface area contributed by atoms with Gasteiger partial charge >= 0.3 is 0 Å². The number of nitrogens with zero attached hydrogens (tertiary/aromatic N) is 3. The molecule has 0 atom stereocenters. The molecule has 2 heterocycles. The number of phenolic OH excluding ortho intramolecular Hbond substituents is 1. The molecule has 0 radical (unpaired) electrons. The third-order valence-corrected chi connectivity index (χ3v) is 13.1. The van der Waals surface area contributed by atoms with Gasteiger partial charge in [-0.1, -0.05) is 138 Å². The molecule has 10 rings (SSSR count). The summed E-state index contributed by atoms with van der Waals surface area (Å²) >= 11 is 0. The molecule has 0 aliphatic heterocycles. The van der Waals surface area contributed by atoms with Crippen LogP contribution in [0.3, 0.4) is 0 Å². The van der Waals surface area contributed by atoms with Gasteiger partial charge in [-0.05, 0) is 140 Å². The fourth-order valence-electron chi connectivity index (χ4n) is 10.2. The van der Waals surface area contributed by atoms with Crippen molar-refractivity contribution in [3.8, 4) is 50.5 Å². The van der Waals surface area contributed by atoms with Crippen LogP contribution in [0.4, 0.5) is 17.2 Å². The van der Waals surface area contributed by atoms with Crippen LogP contribution >= 0.6 is 0 Å². The minimum absolute atomic E-state index is 0. The Labute approximate surface area is 387 Å². The van der Waals surface area contributed by atoms with E-state index in [4.69, 9.17) is 9.97 Å². The van der Waals surface area contributed by atoms with Crippen molar-refractivity contribution < 1.29 is 26.2 Å². The summed E-state index contributed by atoms with van der Waals surface area (Å²) in [4.78, 5) is 12.7. The Balaban J connectivity index is 0.00000504. The van der Waals surface area contributed by atoms with Gasteiger partial charge in [-0.25, -0.2) is 4.98 Å². The average Bonchev–Trinajstić information content (AvgIpc) is 3.70. The van der Waals surface area contributed by atoms with Crippen LogP contribution in [0.15, 0.2) is 146 Å². The average molecular weight is 1000 g/mol. The molecule has 0 amide bonds. The first-order valence-corrected chi connectivity index (χ1v) is 21.7. The topological polar surface area (TPSA) is 49.2 Å². The molecule has 1 N–H and O–H groups in total. The normalized spacial score (nSPS) is 13.2. The van der Waals surface area contributed by atoms with Gasteiger partial charge in [0, 0.05) is 38.5 Å². The summed E-state index contributed by atoms with van der Waals surface area (Å²) in [6, 6.07) is 53.6. The Morgan fingerprint density at radius 3 is 1.86 bits per heavy atom. The monoisotopic (exact) mass is 1000 g/mol. The molecule has 1 spiro atoms. The maximum Gasteiger partial charge on any atom is 0.136 e. The largest absolute Gasteiger partial charge is 0.507 e. The Bertz CT molecular complexity index is 3010. The van der Waals surface area contributed by atoms with Crippen molar-refractivity contribution in [3.63, 3.8) is 0 Å². The van der Waals surface area contributed by atoms with Crippen molar-refractivity contribution in [2.75, 3.05) is 4.90 Å². The van der Waals surface area contributed by atoms with E-state index in [0.717, 1.165) is 56.4 Å². The Morgan fingerprint density at radius 2 is 1.22 bits per heavy atom. The fraction of sp³-hybridized carbons (Fsp3) is 0.207. The fourth-order valence-corrected chi connectivity index (χ4v) is 10.2. The van der Waals surface area contributed by atoms with Crippen LogP contribution in [-0.4, -0.2) is 15.1 Å². The smallest absolute Gasteiger partial charge is 0.136 e. The minimum Gasteiger partial charge on any atom is -0.507 e. The molecule has 0 unspecified atom stereocenters. The van der Waals surface area contributed by atoms with E-state index < -0.39 is 5.41 Å². The summed E-state index contributed by atoms with van der Waals surface area (Å²) in [5, 5.41) is 12.0. The summed E-state index contributed by atoms with van der Waals surface area (Å²) < 4.78 is 0. The van der Waals surface area contributed by atoms with E-state index >= 15 is 0 Å². The third-order valence-electron chi connectivity index (χ3n) is 13.1. The van der Waals surface area contributed by atoms with Crippen LogP contribution in [0.1, 0.15) is 91.6 Å². The van der Waals surface area contributed by atoms with E-state index in [1.54, 1.807) is 6.07 Å². The molecule has 0 fully saturated rings. The van der Waals surface area contributed by atoms with Crippen molar-refractivity contribution in [1.82, 2.24) is 9.97 Å². The van der Waals surface area contributed by atoms with Crippen LogP contribution in [0, 0.1) is 26.8 Å². The minimum atomic E-state index is -0.684. The van der Waals surface area contributed by atoms with Gasteiger partial charge in [0.2, 0.25) is 0 Å². The van der Waals surface area contributed by atoms with Crippen LogP contribution in [0.2, 0.25) is 0 Å². The Kier molecular flexibility index (Phi) is 10.3. The standard InChI is InChI=1S/C58H52N3O.Pt/c1-35-29-36(2)53(37(3)30-35)39-27-28-59-50(32-39)38-15-13-18-43(31-38)61(42-16-11-10-12-17-42)52-26-25-47-55(60-52)54-46(19-14-20-51(54)62)58(47)48-33-40(56(4,5)6)21-23-44(48)45-24-22-41(34-49(45)58)57(7,8)9;/h10-30,32-34,62H,1-9H3;/q-1;. The van der Waals surface area contributed by atoms with E-state index in [9.17, 15) is 5.11 Å². The second kappa shape index (κ2) is 15.3. The van der Waals surface area contributed by atoms with Gasteiger partial charge in [0.25, 0.3) is 0 Å². The molecule has 4 nitrogen and oxygen atoms in total. The molecule has 8 aromatic rings. The second-order valence-corrected chi connectivity index (χ2v) is 19.4.